The van der Waals surface area contributed by atoms with E-state index in [1.807, 2.05) is 18.2 Å². The van der Waals surface area contributed by atoms with E-state index in [-0.39, 0.29) is 0 Å². The van der Waals surface area contributed by atoms with Gasteiger partial charge in [-0.25, -0.2) is 5.84 Å². The smallest absolute Gasteiger partial charge is 0.0660 e. The molecule has 0 amide bonds. The molecule has 0 saturated carbocycles. The van der Waals surface area contributed by atoms with Crippen molar-refractivity contribution >= 4 is 28.3 Å². The van der Waals surface area contributed by atoms with E-state index in [1.165, 1.54) is 0 Å². The van der Waals surface area contributed by atoms with Crippen LogP contribution in [0.4, 0.5) is 5.69 Å². The van der Waals surface area contributed by atoms with Crippen molar-refractivity contribution in [3.8, 4) is 12.3 Å². The van der Waals surface area contributed by atoms with E-state index >= 15 is 0 Å². The molecule has 0 aliphatic heterocycles. The van der Waals surface area contributed by atoms with E-state index in [1.54, 1.807) is 12.1 Å². The molecule has 0 spiro atoms. The van der Waals surface area contributed by atoms with Crippen molar-refractivity contribution in [1.82, 2.24) is 0 Å². The molecule has 12 heavy (non-hydrogen) atoms. The number of rotatable bonds is 1. The lowest BCUT2D eigenvalue weighted by molar-refractivity contribution is 1.01. The molecule has 0 aliphatic rings. The highest BCUT2D eigenvalue weighted by molar-refractivity contribution is 14.1. The summed E-state index contributed by atoms with van der Waals surface area (Å²) in [5.74, 6) is 8.20. The normalized spacial score (nSPS) is 9.17. The minimum absolute atomic E-state index is 0.880. The van der Waals surface area contributed by atoms with Crippen LogP contribution in [0.15, 0.2) is 18.2 Å². The summed E-state index contributed by atoms with van der Waals surface area (Å²) in [6.07, 6.45) is 5.31. The van der Waals surface area contributed by atoms with Gasteiger partial charge in [0.15, 0.2) is 0 Å². The largest absolute Gasteiger partial charge is 0.313 e. The molecular weight excluding hydrogens is 263 g/mol. The maximum Gasteiger partial charge on any atom is 0.0660 e. The van der Waals surface area contributed by atoms with Crippen LogP contribution in [0, 0.1) is 15.9 Å². The van der Waals surface area contributed by atoms with Crippen LogP contribution in [0.25, 0.3) is 0 Å². The van der Waals surface area contributed by atoms with Gasteiger partial charge in [-0.2, -0.15) is 0 Å². The molecule has 2 nitrogen and oxygen atoms in total. The van der Waals surface area contributed by atoms with Crippen LogP contribution in [0.3, 0.4) is 0 Å². The van der Waals surface area contributed by atoms with Crippen LogP contribution in [-0.2, 0) is 0 Å². The molecule has 0 fully saturated rings. The summed E-state index contributed by atoms with van der Waals surface area (Å²) in [6, 6.07) is 5.73. The maximum atomic E-state index is 5.60. The second-order valence-corrected chi connectivity index (χ2v) is 3.47. The van der Waals surface area contributed by atoms with E-state index in [0.717, 1.165) is 14.8 Å². The fraction of sp³-hybridized carbons (Fsp3) is 0.111. The highest BCUT2D eigenvalue weighted by atomic mass is 127. The van der Waals surface area contributed by atoms with E-state index in [9.17, 15) is 0 Å². The monoisotopic (exact) mass is 272 g/mol. The van der Waals surface area contributed by atoms with Crippen molar-refractivity contribution in [2.45, 2.75) is 0 Å². The molecule has 0 aromatic heterocycles. The van der Waals surface area contributed by atoms with Gasteiger partial charge in [0.25, 0.3) is 0 Å². The zero-order chi connectivity index (χ0) is 9.14. The number of anilines is 1. The average Bonchev–Trinajstić information content (AvgIpc) is 2.04. The Labute approximate surface area is 85.9 Å². The van der Waals surface area contributed by atoms with Crippen LogP contribution in [0.2, 0.25) is 0 Å². The van der Waals surface area contributed by atoms with Gasteiger partial charge in [-0.3, -0.25) is 0 Å². The highest BCUT2D eigenvalue weighted by Gasteiger charge is 2.04. The lowest BCUT2D eigenvalue weighted by atomic mass is 10.2. The number of hydrogen-bond donors (Lipinski definition) is 1. The summed E-state index contributed by atoms with van der Waals surface area (Å²) in [5.41, 5.74) is 1.83. The molecular formula is C9H9IN2. The first kappa shape index (κ1) is 9.36. The number of halogens is 1. The number of benzene rings is 1. The predicted octanol–water partition coefficient (Wildman–Crippen LogP) is 1.58. The van der Waals surface area contributed by atoms with Crippen LogP contribution < -0.4 is 10.9 Å². The van der Waals surface area contributed by atoms with Crippen LogP contribution >= 0.6 is 22.6 Å². The van der Waals surface area contributed by atoms with Crippen LogP contribution in [-0.4, -0.2) is 7.05 Å². The molecule has 0 atom stereocenters. The summed E-state index contributed by atoms with van der Waals surface area (Å²) in [5, 5.41) is 1.56. The molecule has 1 rings (SSSR count). The van der Waals surface area contributed by atoms with Gasteiger partial charge in [0, 0.05) is 12.6 Å². The first-order valence-electron chi connectivity index (χ1n) is 3.40. The van der Waals surface area contributed by atoms with Crippen molar-refractivity contribution in [2.24, 2.45) is 5.84 Å². The van der Waals surface area contributed by atoms with Gasteiger partial charge in [0.2, 0.25) is 0 Å². The fourth-order valence-corrected chi connectivity index (χ4v) is 1.80. The standard InChI is InChI=1S/C9H9IN2/c1-3-7-5-4-6-8(9(7)10)12(2)11/h1,4-6H,11H2,2H3. The molecule has 0 heterocycles. The third-order valence-corrected chi connectivity index (χ3v) is 2.65. The fourth-order valence-electron chi connectivity index (χ4n) is 0.904. The van der Waals surface area contributed by atoms with Gasteiger partial charge in [0.1, 0.15) is 0 Å². The Morgan fingerprint density at radius 3 is 2.75 bits per heavy atom. The molecule has 62 valence electrons. The summed E-state index contributed by atoms with van der Waals surface area (Å²) in [7, 11) is 1.79. The number of hydrogen-bond acceptors (Lipinski definition) is 2. The van der Waals surface area contributed by atoms with Crippen molar-refractivity contribution in [3.05, 3.63) is 27.3 Å². The Morgan fingerprint density at radius 2 is 2.25 bits per heavy atom. The minimum atomic E-state index is 0.880. The Morgan fingerprint density at radius 1 is 1.58 bits per heavy atom. The van der Waals surface area contributed by atoms with Gasteiger partial charge in [-0.05, 0) is 34.7 Å². The van der Waals surface area contributed by atoms with Crippen LogP contribution in [0.5, 0.6) is 0 Å². The van der Waals surface area contributed by atoms with Crippen molar-refractivity contribution in [2.75, 3.05) is 12.1 Å². The topological polar surface area (TPSA) is 29.3 Å². The third kappa shape index (κ3) is 1.71. The number of hydrazine groups is 1. The predicted molar refractivity (Wildman–Crippen MR) is 59.7 cm³/mol. The van der Waals surface area contributed by atoms with Crippen molar-refractivity contribution in [3.63, 3.8) is 0 Å². The second kappa shape index (κ2) is 3.78. The summed E-state index contributed by atoms with van der Waals surface area (Å²) in [6.45, 7) is 0. The van der Waals surface area contributed by atoms with Gasteiger partial charge in [0.05, 0.1) is 9.26 Å². The Hall–Kier alpha value is -0.730. The lowest BCUT2D eigenvalue weighted by Gasteiger charge is -2.14. The van der Waals surface area contributed by atoms with E-state index in [2.05, 4.69) is 28.5 Å². The Kier molecular flexibility index (Phi) is 2.95. The molecule has 1 aromatic carbocycles. The van der Waals surface area contributed by atoms with Gasteiger partial charge < -0.3 is 5.01 Å². The Bertz CT molecular complexity index is 326. The lowest BCUT2D eigenvalue weighted by Crippen LogP contribution is -2.26. The third-order valence-electron chi connectivity index (χ3n) is 1.51. The number of nitrogens with two attached hydrogens (primary N) is 1. The first-order valence-corrected chi connectivity index (χ1v) is 4.48. The average molecular weight is 272 g/mol. The van der Waals surface area contributed by atoms with Gasteiger partial charge in [-0.1, -0.05) is 12.0 Å². The van der Waals surface area contributed by atoms with Gasteiger partial charge in [-0.15, -0.1) is 6.42 Å². The van der Waals surface area contributed by atoms with Crippen molar-refractivity contribution in [1.29, 1.82) is 0 Å². The highest BCUT2D eigenvalue weighted by Crippen LogP contribution is 2.22. The maximum absolute atomic E-state index is 5.60. The van der Waals surface area contributed by atoms with Gasteiger partial charge >= 0.3 is 0 Å². The minimum Gasteiger partial charge on any atom is -0.313 e. The molecule has 0 saturated heterocycles. The summed E-state index contributed by atoms with van der Waals surface area (Å²) < 4.78 is 1.02. The van der Waals surface area contributed by atoms with E-state index < -0.39 is 0 Å². The molecule has 0 radical (unpaired) electrons. The molecule has 0 bridgehead atoms. The first-order chi connectivity index (χ1) is 5.66. The Balaban J connectivity index is 3.25. The molecule has 1 aromatic rings. The van der Waals surface area contributed by atoms with Crippen molar-refractivity contribution < 1.29 is 0 Å². The zero-order valence-electron chi connectivity index (χ0n) is 6.71. The van der Waals surface area contributed by atoms with E-state index in [4.69, 9.17) is 12.3 Å². The number of terminal acetylenes is 1. The SMILES string of the molecule is C#Cc1cccc(N(C)N)c1I. The quantitative estimate of drug-likeness (QED) is 0.364. The second-order valence-electron chi connectivity index (χ2n) is 2.39. The zero-order valence-corrected chi connectivity index (χ0v) is 8.87. The number of nitrogens with zero attached hydrogens (tertiary/aromatic N) is 1. The van der Waals surface area contributed by atoms with Crippen LogP contribution in [0.1, 0.15) is 5.56 Å². The van der Waals surface area contributed by atoms with E-state index in [0.29, 0.717) is 0 Å². The molecule has 0 unspecified atom stereocenters. The molecule has 3 heteroatoms. The molecule has 0 aliphatic carbocycles. The summed E-state index contributed by atoms with van der Waals surface area (Å²) >= 11 is 2.19. The molecule has 2 N–H and O–H groups in total. The summed E-state index contributed by atoms with van der Waals surface area (Å²) in [4.78, 5) is 0.